The van der Waals surface area contributed by atoms with E-state index in [0.717, 1.165) is 11.3 Å². The average molecular weight is 295 g/mol. The number of pyridine rings is 1. The molecule has 20 heavy (non-hydrogen) atoms. The van der Waals surface area contributed by atoms with E-state index in [2.05, 4.69) is 10.1 Å². The molecule has 0 aromatic carbocycles. The summed E-state index contributed by atoms with van der Waals surface area (Å²) in [7, 11) is 1.68. The molecule has 2 aromatic heterocycles. The Morgan fingerprint density at radius 1 is 1.50 bits per heavy atom. The highest BCUT2D eigenvalue weighted by Crippen LogP contribution is 2.19. The third-order valence-corrected chi connectivity index (χ3v) is 3.26. The van der Waals surface area contributed by atoms with Crippen molar-refractivity contribution < 1.29 is 9.32 Å². The van der Waals surface area contributed by atoms with E-state index in [0.29, 0.717) is 23.6 Å². The van der Waals surface area contributed by atoms with E-state index in [1.807, 2.05) is 13.8 Å². The monoisotopic (exact) mass is 294 g/mol. The second-order valence-electron chi connectivity index (χ2n) is 4.56. The highest BCUT2D eigenvalue weighted by atomic mass is 35.5. The lowest BCUT2D eigenvalue weighted by molar-refractivity contribution is 0.0785. The zero-order valence-corrected chi connectivity index (χ0v) is 12.2. The zero-order chi connectivity index (χ0) is 14.9. The smallest absolute Gasteiger partial charge is 0.256 e. The molecule has 0 saturated carbocycles. The minimum atomic E-state index is -0.230. The molecule has 2 N–H and O–H groups in total. The summed E-state index contributed by atoms with van der Waals surface area (Å²) in [6, 6.07) is 1.46. The highest BCUT2D eigenvalue weighted by Gasteiger charge is 2.19. The number of amides is 1. The van der Waals surface area contributed by atoms with Crippen LogP contribution in [0.4, 0.5) is 5.69 Å². The van der Waals surface area contributed by atoms with Crippen molar-refractivity contribution in [2.24, 2.45) is 0 Å². The molecule has 0 atom stereocenters. The van der Waals surface area contributed by atoms with Crippen LogP contribution >= 0.6 is 11.6 Å². The molecule has 2 aromatic rings. The minimum Gasteiger partial charge on any atom is -0.397 e. The van der Waals surface area contributed by atoms with Crippen LogP contribution in [0.1, 0.15) is 27.4 Å². The Morgan fingerprint density at radius 2 is 2.20 bits per heavy atom. The van der Waals surface area contributed by atoms with Crippen molar-refractivity contribution in [1.29, 1.82) is 0 Å². The number of hydrogen-bond acceptors (Lipinski definition) is 5. The fourth-order valence-electron chi connectivity index (χ4n) is 1.87. The SMILES string of the molecule is Cc1noc(C)c1CN(C)C(=O)c1cc(Cl)ncc1N. The van der Waals surface area contributed by atoms with Crippen molar-refractivity contribution >= 4 is 23.2 Å². The van der Waals surface area contributed by atoms with Crippen molar-refractivity contribution in [3.63, 3.8) is 0 Å². The van der Waals surface area contributed by atoms with Gasteiger partial charge in [-0.1, -0.05) is 16.8 Å². The van der Waals surface area contributed by atoms with Gasteiger partial charge in [0.05, 0.1) is 29.7 Å². The van der Waals surface area contributed by atoms with Gasteiger partial charge in [0, 0.05) is 12.6 Å². The minimum absolute atomic E-state index is 0.230. The maximum Gasteiger partial charge on any atom is 0.256 e. The van der Waals surface area contributed by atoms with Crippen LogP contribution < -0.4 is 5.73 Å². The average Bonchev–Trinajstić information content (AvgIpc) is 2.72. The molecule has 0 bridgehead atoms. The van der Waals surface area contributed by atoms with Gasteiger partial charge < -0.3 is 15.2 Å². The number of nitrogens with zero attached hydrogens (tertiary/aromatic N) is 3. The molecular formula is C13H15ClN4O2. The van der Waals surface area contributed by atoms with Crippen LogP contribution in [0.5, 0.6) is 0 Å². The van der Waals surface area contributed by atoms with E-state index in [9.17, 15) is 4.79 Å². The van der Waals surface area contributed by atoms with Gasteiger partial charge in [0.2, 0.25) is 0 Å². The van der Waals surface area contributed by atoms with E-state index < -0.39 is 0 Å². The van der Waals surface area contributed by atoms with Gasteiger partial charge in [-0.3, -0.25) is 4.79 Å². The number of halogens is 1. The summed E-state index contributed by atoms with van der Waals surface area (Å²) in [6.45, 7) is 4.03. The molecule has 1 amide bonds. The van der Waals surface area contributed by atoms with Gasteiger partial charge in [0.25, 0.3) is 5.91 Å². The Labute approximate surface area is 121 Å². The summed E-state index contributed by atoms with van der Waals surface area (Å²) in [5.41, 5.74) is 8.05. The Kier molecular flexibility index (Phi) is 3.94. The van der Waals surface area contributed by atoms with Gasteiger partial charge in [-0.15, -0.1) is 0 Å². The quantitative estimate of drug-likeness (QED) is 0.877. The summed E-state index contributed by atoms with van der Waals surface area (Å²) < 4.78 is 5.08. The Balaban J connectivity index is 2.23. The van der Waals surface area contributed by atoms with E-state index in [1.54, 1.807) is 7.05 Å². The molecule has 0 fully saturated rings. The maximum atomic E-state index is 12.4. The molecule has 0 aliphatic carbocycles. The van der Waals surface area contributed by atoms with E-state index in [4.69, 9.17) is 21.9 Å². The van der Waals surface area contributed by atoms with Crippen molar-refractivity contribution in [3.8, 4) is 0 Å². The van der Waals surface area contributed by atoms with Crippen LogP contribution in [0.3, 0.4) is 0 Å². The fourth-order valence-corrected chi connectivity index (χ4v) is 2.03. The number of aryl methyl sites for hydroxylation is 2. The van der Waals surface area contributed by atoms with Gasteiger partial charge >= 0.3 is 0 Å². The van der Waals surface area contributed by atoms with Gasteiger partial charge in [-0.05, 0) is 19.9 Å². The van der Waals surface area contributed by atoms with Crippen molar-refractivity contribution in [1.82, 2.24) is 15.0 Å². The van der Waals surface area contributed by atoms with Crippen LogP contribution in [-0.4, -0.2) is 28.0 Å². The standard InChI is InChI=1S/C13H15ClN4O2/c1-7-10(8(2)20-17-7)6-18(3)13(19)9-4-12(14)16-5-11(9)15/h4-5H,6,15H2,1-3H3. The second kappa shape index (κ2) is 5.50. The molecule has 2 rings (SSSR count). The number of anilines is 1. The summed E-state index contributed by atoms with van der Waals surface area (Å²) >= 11 is 5.80. The fraction of sp³-hybridized carbons (Fsp3) is 0.308. The number of carbonyl (C=O) groups excluding carboxylic acids is 1. The lowest BCUT2D eigenvalue weighted by atomic mass is 10.1. The molecule has 0 aliphatic heterocycles. The summed E-state index contributed by atoms with van der Waals surface area (Å²) in [5, 5.41) is 4.09. The third-order valence-electron chi connectivity index (χ3n) is 3.06. The molecule has 0 radical (unpaired) electrons. The number of nitrogen functional groups attached to an aromatic ring is 1. The van der Waals surface area contributed by atoms with Gasteiger partial charge in [0.15, 0.2) is 0 Å². The van der Waals surface area contributed by atoms with E-state index >= 15 is 0 Å². The number of aromatic nitrogens is 2. The van der Waals surface area contributed by atoms with Gasteiger partial charge in [0.1, 0.15) is 10.9 Å². The van der Waals surface area contributed by atoms with Crippen LogP contribution in [-0.2, 0) is 6.54 Å². The molecule has 106 valence electrons. The molecule has 0 saturated heterocycles. The number of rotatable bonds is 3. The number of hydrogen-bond donors (Lipinski definition) is 1. The van der Waals surface area contributed by atoms with Crippen LogP contribution in [0.2, 0.25) is 5.15 Å². The number of nitrogens with two attached hydrogens (primary N) is 1. The molecule has 0 unspecified atom stereocenters. The Hall–Kier alpha value is -2.08. The normalized spacial score (nSPS) is 10.6. The maximum absolute atomic E-state index is 12.4. The predicted octanol–water partition coefficient (Wildman–Crippen LogP) is 2.19. The second-order valence-corrected chi connectivity index (χ2v) is 4.95. The van der Waals surface area contributed by atoms with Crippen molar-refractivity contribution in [2.75, 3.05) is 12.8 Å². The Bertz CT molecular complexity index is 634. The summed E-state index contributed by atoms with van der Waals surface area (Å²) in [4.78, 5) is 17.7. The first kappa shape index (κ1) is 14.3. The van der Waals surface area contributed by atoms with Gasteiger partial charge in [-0.2, -0.15) is 0 Å². The van der Waals surface area contributed by atoms with Crippen LogP contribution in [0.25, 0.3) is 0 Å². The first-order valence-electron chi connectivity index (χ1n) is 5.98. The third kappa shape index (κ3) is 2.75. The van der Waals surface area contributed by atoms with Gasteiger partial charge in [-0.25, -0.2) is 4.98 Å². The highest BCUT2D eigenvalue weighted by molar-refractivity contribution is 6.29. The topological polar surface area (TPSA) is 85.2 Å². The molecule has 0 aliphatic rings. The van der Waals surface area contributed by atoms with E-state index in [-0.39, 0.29) is 11.1 Å². The zero-order valence-electron chi connectivity index (χ0n) is 11.5. The Morgan fingerprint density at radius 3 is 2.80 bits per heavy atom. The first-order chi connectivity index (χ1) is 9.40. The summed E-state index contributed by atoms with van der Waals surface area (Å²) in [5.74, 6) is 0.467. The van der Waals surface area contributed by atoms with Crippen molar-refractivity contribution in [3.05, 3.63) is 40.0 Å². The summed E-state index contributed by atoms with van der Waals surface area (Å²) in [6.07, 6.45) is 1.37. The molecule has 6 nitrogen and oxygen atoms in total. The predicted molar refractivity (Wildman–Crippen MR) is 75.4 cm³/mol. The largest absolute Gasteiger partial charge is 0.397 e. The lowest BCUT2D eigenvalue weighted by Gasteiger charge is -2.18. The lowest BCUT2D eigenvalue weighted by Crippen LogP contribution is -2.27. The molecular weight excluding hydrogens is 280 g/mol. The first-order valence-corrected chi connectivity index (χ1v) is 6.36. The van der Waals surface area contributed by atoms with Crippen molar-refractivity contribution in [2.45, 2.75) is 20.4 Å². The molecule has 2 heterocycles. The van der Waals surface area contributed by atoms with Crippen LogP contribution in [0.15, 0.2) is 16.8 Å². The van der Waals surface area contributed by atoms with Crippen LogP contribution in [0, 0.1) is 13.8 Å². The number of carbonyl (C=O) groups is 1. The molecule has 7 heteroatoms. The molecule has 0 spiro atoms. The van der Waals surface area contributed by atoms with E-state index in [1.165, 1.54) is 17.2 Å².